The zero-order valence-corrected chi connectivity index (χ0v) is 10.2. The second-order valence-corrected chi connectivity index (χ2v) is 4.35. The first kappa shape index (κ1) is 14.4. The minimum atomic E-state index is -4.51. The summed E-state index contributed by atoms with van der Waals surface area (Å²) in [5.74, 6) is 0.139. The van der Waals surface area contributed by atoms with Gasteiger partial charge in [-0.3, -0.25) is 0 Å². The van der Waals surface area contributed by atoms with E-state index in [2.05, 4.69) is 0 Å². The molecule has 0 aliphatic heterocycles. The number of nitriles is 1. The lowest BCUT2D eigenvalue weighted by Crippen LogP contribution is -2.10. The molecule has 1 aromatic rings. The third kappa shape index (κ3) is 3.95. The number of nitrogens with zero attached hydrogens (tertiary/aromatic N) is 1. The van der Waals surface area contributed by atoms with Crippen molar-refractivity contribution in [2.45, 2.75) is 26.4 Å². The molecule has 0 aliphatic carbocycles. The normalized spacial score (nSPS) is 11.4. The average molecular weight is 257 g/mol. The molecule has 0 bridgehead atoms. The van der Waals surface area contributed by atoms with Gasteiger partial charge in [-0.25, -0.2) is 0 Å². The molecule has 0 atom stereocenters. The van der Waals surface area contributed by atoms with Gasteiger partial charge < -0.3 is 4.74 Å². The molecule has 0 unspecified atom stereocenters. The maximum atomic E-state index is 12.8. The minimum Gasteiger partial charge on any atom is -0.493 e. The van der Waals surface area contributed by atoms with Crippen molar-refractivity contribution < 1.29 is 17.9 Å². The van der Waals surface area contributed by atoms with E-state index in [0.29, 0.717) is 12.3 Å². The molecule has 0 spiro atoms. The standard InChI is InChI=1S/C13H14F3NO/c1-9(2)5-6-18-12-4-3-10(8-17)7-11(12)13(14,15)16/h3-4,7,9H,5-6H2,1-2H3. The van der Waals surface area contributed by atoms with Gasteiger partial charge in [0.25, 0.3) is 0 Å². The molecule has 2 nitrogen and oxygen atoms in total. The highest BCUT2D eigenvalue weighted by atomic mass is 19.4. The van der Waals surface area contributed by atoms with Gasteiger partial charge in [-0.1, -0.05) is 13.8 Å². The van der Waals surface area contributed by atoms with Crippen LogP contribution in [0.2, 0.25) is 0 Å². The van der Waals surface area contributed by atoms with E-state index in [0.717, 1.165) is 6.07 Å². The fourth-order valence-electron chi connectivity index (χ4n) is 1.35. The van der Waals surface area contributed by atoms with E-state index in [-0.39, 0.29) is 17.9 Å². The molecular weight excluding hydrogens is 243 g/mol. The molecule has 1 rings (SSSR count). The van der Waals surface area contributed by atoms with Gasteiger partial charge in [-0.2, -0.15) is 18.4 Å². The summed E-state index contributed by atoms with van der Waals surface area (Å²) >= 11 is 0. The van der Waals surface area contributed by atoms with Crippen molar-refractivity contribution in [3.8, 4) is 11.8 Å². The molecule has 0 N–H and O–H groups in total. The van der Waals surface area contributed by atoms with Crippen molar-refractivity contribution in [1.82, 2.24) is 0 Å². The zero-order valence-electron chi connectivity index (χ0n) is 10.2. The first-order valence-corrected chi connectivity index (χ1v) is 5.58. The SMILES string of the molecule is CC(C)CCOc1ccc(C#N)cc1C(F)(F)F. The molecule has 1 aromatic carbocycles. The van der Waals surface area contributed by atoms with Crippen molar-refractivity contribution in [3.63, 3.8) is 0 Å². The summed E-state index contributed by atoms with van der Waals surface area (Å²) in [6, 6.07) is 5.01. The van der Waals surface area contributed by atoms with Gasteiger partial charge in [0.05, 0.1) is 23.8 Å². The van der Waals surface area contributed by atoms with Crippen LogP contribution in [0, 0.1) is 17.2 Å². The summed E-state index contributed by atoms with van der Waals surface area (Å²) in [6.45, 7) is 4.16. The van der Waals surface area contributed by atoms with Crippen LogP contribution in [-0.2, 0) is 6.18 Å². The van der Waals surface area contributed by atoms with Crippen LogP contribution in [0.25, 0.3) is 0 Å². The van der Waals surface area contributed by atoms with Gasteiger partial charge in [-0.05, 0) is 30.5 Å². The Morgan fingerprint density at radius 3 is 2.50 bits per heavy atom. The van der Waals surface area contributed by atoms with Crippen LogP contribution in [0.5, 0.6) is 5.75 Å². The van der Waals surface area contributed by atoms with Crippen molar-refractivity contribution in [3.05, 3.63) is 29.3 Å². The largest absolute Gasteiger partial charge is 0.493 e. The maximum absolute atomic E-state index is 12.8. The average Bonchev–Trinajstić information content (AvgIpc) is 2.27. The van der Waals surface area contributed by atoms with Crippen molar-refractivity contribution >= 4 is 0 Å². The summed E-state index contributed by atoms with van der Waals surface area (Å²) < 4.78 is 43.4. The maximum Gasteiger partial charge on any atom is 0.420 e. The van der Waals surface area contributed by atoms with Gasteiger partial charge in [0, 0.05) is 0 Å². The predicted octanol–water partition coefficient (Wildman–Crippen LogP) is 4.00. The Labute approximate surface area is 104 Å². The summed E-state index contributed by atoms with van der Waals surface area (Å²) in [4.78, 5) is 0. The van der Waals surface area contributed by atoms with E-state index < -0.39 is 11.7 Å². The molecule has 18 heavy (non-hydrogen) atoms. The number of ether oxygens (including phenoxy) is 1. The zero-order chi connectivity index (χ0) is 13.8. The van der Waals surface area contributed by atoms with E-state index in [1.165, 1.54) is 12.1 Å². The summed E-state index contributed by atoms with van der Waals surface area (Å²) in [6.07, 6.45) is -3.84. The smallest absolute Gasteiger partial charge is 0.420 e. The first-order chi connectivity index (χ1) is 8.34. The fraction of sp³-hybridized carbons (Fsp3) is 0.462. The van der Waals surface area contributed by atoms with E-state index in [9.17, 15) is 13.2 Å². The molecule has 0 aliphatic rings. The van der Waals surface area contributed by atoms with Crippen LogP contribution in [-0.4, -0.2) is 6.61 Å². The number of halogens is 3. The quantitative estimate of drug-likeness (QED) is 0.816. The highest BCUT2D eigenvalue weighted by Gasteiger charge is 2.34. The Kier molecular flexibility index (Phi) is 4.60. The van der Waals surface area contributed by atoms with Gasteiger partial charge in [0.15, 0.2) is 0 Å². The lowest BCUT2D eigenvalue weighted by molar-refractivity contribution is -0.139. The van der Waals surface area contributed by atoms with Gasteiger partial charge in [-0.15, -0.1) is 0 Å². The number of hydrogen-bond acceptors (Lipinski definition) is 2. The fourth-order valence-corrected chi connectivity index (χ4v) is 1.35. The predicted molar refractivity (Wildman–Crippen MR) is 61.1 cm³/mol. The van der Waals surface area contributed by atoms with Gasteiger partial charge in [0.2, 0.25) is 0 Å². The van der Waals surface area contributed by atoms with Crippen LogP contribution in [0.1, 0.15) is 31.4 Å². The third-order valence-corrected chi connectivity index (χ3v) is 2.37. The highest BCUT2D eigenvalue weighted by molar-refractivity contribution is 5.43. The number of benzene rings is 1. The molecule has 5 heteroatoms. The van der Waals surface area contributed by atoms with Crippen LogP contribution >= 0.6 is 0 Å². The Morgan fingerprint density at radius 2 is 2.00 bits per heavy atom. The lowest BCUT2D eigenvalue weighted by atomic mass is 10.1. The molecule has 0 radical (unpaired) electrons. The molecule has 0 saturated carbocycles. The van der Waals surface area contributed by atoms with Gasteiger partial charge in [0.1, 0.15) is 5.75 Å². The van der Waals surface area contributed by atoms with E-state index >= 15 is 0 Å². The molecule has 0 heterocycles. The summed E-state index contributed by atoms with van der Waals surface area (Å²) in [7, 11) is 0. The van der Waals surface area contributed by atoms with E-state index in [4.69, 9.17) is 10.00 Å². The Balaban J connectivity index is 2.94. The Morgan fingerprint density at radius 1 is 1.33 bits per heavy atom. The summed E-state index contributed by atoms with van der Waals surface area (Å²) in [5, 5.41) is 8.61. The van der Waals surface area contributed by atoms with Crippen LogP contribution in [0.3, 0.4) is 0 Å². The highest BCUT2D eigenvalue weighted by Crippen LogP contribution is 2.36. The Bertz CT molecular complexity index is 447. The monoisotopic (exact) mass is 257 g/mol. The minimum absolute atomic E-state index is 0.0291. The Hall–Kier alpha value is -1.70. The van der Waals surface area contributed by atoms with Crippen LogP contribution in [0.4, 0.5) is 13.2 Å². The lowest BCUT2D eigenvalue weighted by Gasteiger charge is -2.14. The first-order valence-electron chi connectivity index (χ1n) is 5.58. The van der Waals surface area contributed by atoms with Crippen LogP contribution < -0.4 is 4.74 Å². The molecule has 0 aromatic heterocycles. The van der Waals surface area contributed by atoms with E-state index in [1.807, 2.05) is 13.8 Å². The third-order valence-electron chi connectivity index (χ3n) is 2.37. The number of rotatable bonds is 4. The second kappa shape index (κ2) is 5.76. The topological polar surface area (TPSA) is 33.0 Å². The van der Waals surface area contributed by atoms with Crippen LogP contribution in [0.15, 0.2) is 18.2 Å². The summed E-state index contributed by atoms with van der Waals surface area (Å²) in [5.41, 5.74) is -0.927. The number of hydrogen-bond donors (Lipinski definition) is 0. The van der Waals surface area contributed by atoms with Gasteiger partial charge >= 0.3 is 6.18 Å². The molecule has 0 amide bonds. The molecular formula is C13H14F3NO. The van der Waals surface area contributed by atoms with Crippen molar-refractivity contribution in [2.24, 2.45) is 5.92 Å². The van der Waals surface area contributed by atoms with E-state index in [1.54, 1.807) is 6.07 Å². The second-order valence-electron chi connectivity index (χ2n) is 4.35. The molecule has 0 saturated heterocycles. The van der Waals surface area contributed by atoms with Crippen molar-refractivity contribution in [1.29, 1.82) is 5.26 Å². The molecule has 0 fully saturated rings. The van der Waals surface area contributed by atoms with Crippen molar-refractivity contribution in [2.75, 3.05) is 6.61 Å². The number of alkyl halides is 3. The molecule has 98 valence electrons.